The zero-order valence-corrected chi connectivity index (χ0v) is 13.5. The fourth-order valence-electron chi connectivity index (χ4n) is 3.99. The van der Waals surface area contributed by atoms with Crippen molar-refractivity contribution in [3.8, 4) is 6.07 Å². The Morgan fingerprint density at radius 2 is 2.15 bits per heavy atom. The third kappa shape index (κ3) is 3.54. The maximum absolute atomic E-state index is 9.66. The lowest BCUT2D eigenvalue weighted by molar-refractivity contribution is 0.235. The molecule has 0 amide bonds. The van der Waals surface area contributed by atoms with Crippen molar-refractivity contribution in [1.82, 2.24) is 10.2 Å². The van der Waals surface area contributed by atoms with Crippen LogP contribution in [0, 0.1) is 22.7 Å². The number of hydrogen-bond acceptors (Lipinski definition) is 3. The smallest absolute Gasteiger partial charge is 0.109 e. The van der Waals surface area contributed by atoms with E-state index in [4.69, 9.17) is 0 Å². The van der Waals surface area contributed by atoms with Crippen LogP contribution < -0.4 is 5.32 Å². The highest BCUT2D eigenvalue weighted by Gasteiger charge is 2.42. The molecule has 114 valence electrons. The highest BCUT2D eigenvalue weighted by molar-refractivity contribution is 5.14. The first-order chi connectivity index (χ1) is 9.51. The molecule has 1 saturated heterocycles. The summed E-state index contributed by atoms with van der Waals surface area (Å²) < 4.78 is 0. The van der Waals surface area contributed by atoms with Gasteiger partial charge in [0.1, 0.15) is 5.54 Å². The van der Waals surface area contributed by atoms with Crippen LogP contribution in [-0.2, 0) is 0 Å². The van der Waals surface area contributed by atoms with Gasteiger partial charge in [-0.15, -0.1) is 0 Å². The number of likely N-dealkylation sites (tertiary alicyclic amines) is 1. The summed E-state index contributed by atoms with van der Waals surface area (Å²) in [5.41, 5.74) is 0.258. The monoisotopic (exact) mass is 277 g/mol. The Kier molecular flexibility index (Phi) is 5.09. The van der Waals surface area contributed by atoms with E-state index in [0.29, 0.717) is 11.3 Å². The Labute approximate surface area is 124 Å². The van der Waals surface area contributed by atoms with E-state index in [-0.39, 0.29) is 5.54 Å². The topological polar surface area (TPSA) is 39.1 Å². The van der Waals surface area contributed by atoms with Crippen molar-refractivity contribution < 1.29 is 0 Å². The average Bonchev–Trinajstić information content (AvgIpc) is 2.97. The molecule has 0 bridgehead atoms. The fraction of sp³-hybridized carbons (Fsp3) is 0.941. The SMILES string of the molecule is CCCNC1(C#N)CCCC1CCN1CCC(C)(C)C1. The third-order valence-electron chi connectivity index (χ3n) is 5.26. The molecule has 2 aliphatic rings. The van der Waals surface area contributed by atoms with Crippen LogP contribution in [0.3, 0.4) is 0 Å². The lowest BCUT2D eigenvalue weighted by atomic mass is 9.85. The molecule has 1 heterocycles. The van der Waals surface area contributed by atoms with Gasteiger partial charge in [0.15, 0.2) is 0 Å². The highest BCUT2D eigenvalue weighted by atomic mass is 15.2. The van der Waals surface area contributed by atoms with Gasteiger partial charge in [-0.2, -0.15) is 5.26 Å². The van der Waals surface area contributed by atoms with Crippen LogP contribution in [0.1, 0.15) is 59.3 Å². The van der Waals surface area contributed by atoms with Crippen molar-refractivity contribution >= 4 is 0 Å². The van der Waals surface area contributed by atoms with Gasteiger partial charge in [0.05, 0.1) is 6.07 Å². The molecule has 2 fully saturated rings. The zero-order chi connectivity index (χ0) is 14.6. The standard InChI is InChI=1S/C17H31N3/c1-4-10-19-17(13-18)8-5-6-15(17)7-11-20-12-9-16(2,3)14-20/h15,19H,4-12,14H2,1-3H3. The summed E-state index contributed by atoms with van der Waals surface area (Å²) in [6.07, 6.45) is 7.08. The molecule has 0 radical (unpaired) electrons. The molecule has 1 saturated carbocycles. The quantitative estimate of drug-likeness (QED) is 0.810. The number of rotatable bonds is 6. The first-order valence-electron chi connectivity index (χ1n) is 8.40. The molecule has 2 unspecified atom stereocenters. The molecule has 0 aromatic heterocycles. The molecule has 3 heteroatoms. The van der Waals surface area contributed by atoms with Crippen molar-refractivity contribution in [2.45, 2.75) is 64.8 Å². The molecule has 1 aliphatic heterocycles. The van der Waals surface area contributed by atoms with Crippen molar-refractivity contribution in [3.63, 3.8) is 0 Å². The van der Waals surface area contributed by atoms with Gasteiger partial charge in [-0.1, -0.05) is 27.2 Å². The summed E-state index contributed by atoms with van der Waals surface area (Å²) in [7, 11) is 0. The summed E-state index contributed by atoms with van der Waals surface area (Å²) in [5.74, 6) is 0.544. The van der Waals surface area contributed by atoms with E-state index in [0.717, 1.165) is 19.4 Å². The molecule has 0 spiro atoms. The fourth-order valence-corrected chi connectivity index (χ4v) is 3.99. The second-order valence-electron chi connectivity index (χ2n) is 7.58. The molecular weight excluding hydrogens is 246 g/mol. The second kappa shape index (κ2) is 6.45. The average molecular weight is 277 g/mol. The van der Waals surface area contributed by atoms with Crippen LogP contribution in [-0.4, -0.2) is 36.6 Å². The molecule has 0 aromatic carbocycles. The third-order valence-corrected chi connectivity index (χ3v) is 5.26. The van der Waals surface area contributed by atoms with Crippen LogP contribution in [0.2, 0.25) is 0 Å². The lowest BCUT2D eigenvalue weighted by Crippen LogP contribution is -2.48. The summed E-state index contributed by atoms with van der Waals surface area (Å²) in [6.45, 7) is 11.5. The molecule has 1 aliphatic carbocycles. The number of nitrogens with zero attached hydrogens (tertiary/aromatic N) is 2. The summed E-state index contributed by atoms with van der Waals surface area (Å²) in [6, 6.07) is 2.62. The van der Waals surface area contributed by atoms with Gasteiger partial charge < -0.3 is 4.90 Å². The summed E-state index contributed by atoms with van der Waals surface area (Å²) >= 11 is 0. The van der Waals surface area contributed by atoms with Gasteiger partial charge in [0, 0.05) is 6.54 Å². The van der Waals surface area contributed by atoms with Gasteiger partial charge in [-0.25, -0.2) is 0 Å². The van der Waals surface area contributed by atoms with Crippen LogP contribution in [0.4, 0.5) is 0 Å². The molecule has 2 atom stereocenters. The predicted octanol–water partition coefficient (Wildman–Crippen LogP) is 3.17. The lowest BCUT2D eigenvalue weighted by Gasteiger charge is -2.31. The van der Waals surface area contributed by atoms with Crippen LogP contribution in [0.5, 0.6) is 0 Å². The molecule has 3 nitrogen and oxygen atoms in total. The minimum absolute atomic E-state index is 0.231. The highest BCUT2D eigenvalue weighted by Crippen LogP contribution is 2.38. The first kappa shape index (κ1) is 15.8. The van der Waals surface area contributed by atoms with E-state index >= 15 is 0 Å². The van der Waals surface area contributed by atoms with Gasteiger partial charge in [0.25, 0.3) is 0 Å². The number of hydrogen-bond donors (Lipinski definition) is 1. The van der Waals surface area contributed by atoms with Crippen molar-refractivity contribution in [2.24, 2.45) is 11.3 Å². The van der Waals surface area contributed by atoms with Gasteiger partial charge in [0.2, 0.25) is 0 Å². The first-order valence-corrected chi connectivity index (χ1v) is 8.40. The van der Waals surface area contributed by atoms with Crippen LogP contribution >= 0.6 is 0 Å². The Morgan fingerprint density at radius 1 is 1.35 bits per heavy atom. The van der Waals surface area contributed by atoms with Crippen molar-refractivity contribution in [2.75, 3.05) is 26.2 Å². The Bertz CT molecular complexity index is 358. The molecule has 20 heavy (non-hydrogen) atoms. The van der Waals surface area contributed by atoms with Crippen molar-refractivity contribution in [3.05, 3.63) is 0 Å². The molecule has 1 N–H and O–H groups in total. The maximum Gasteiger partial charge on any atom is 0.109 e. The molecular formula is C17H31N3. The van der Waals surface area contributed by atoms with E-state index in [1.54, 1.807) is 0 Å². The second-order valence-corrected chi connectivity index (χ2v) is 7.58. The predicted molar refractivity (Wildman–Crippen MR) is 83.4 cm³/mol. The largest absolute Gasteiger partial charge is 0.303 e. The Balaban J connectivity index is 1.86. The van der Waals surface area contributed by atoms with Crippen molar-refractivity contribution in [1.29, 1.82) is 5.26 Å². The number of nitriles is 1. The minimum Gasteiger partial charge on any atom is -0.303 e. The van der Waals surface area contributed by atoms with E-state index in [2.05, 4.69) is 37.1 Å². The summed E-state index contributed by atoms with van der Waals surface area (Å²) in [4.78, 5) is 2.60. The number of nitrogens with one attached hydrogen (secondary N) is 1. The molecule has 0 aromatic rings. The van der Waals surface area contributed by atoms with E-state index in [1.165, 1.54) is 45.3 Å². The normalized spacial score (nSPS) is 33.4. The van der Waals surface area contributed by atoms with Gasteiger partial charge in [-0.05, 0) is 63.1 Å². The van der Waals surface area contributed by atoms with Gasteiger partial charge in [-0.3, -0.25) is 5.32 Å². The Morgan fingerprint density at radius 3 is 2.75 bits per heavy atom. The summed E-state index contributed by atoms with van der Waals surface area (Å²) in [5, 5.41) is 13.2. The minimum atomic E-state index is -0.231. The van der Waals surface area contributed by atoms with E-state index < -0.39 is 0 Å². The molecule has 2 rings (SSSR count). The van der Waals surface area contributed by atoms with E-state index in [9.17, 15) is 5.26 Å². The maximum atomic E-state index is 9.66. The van der Waals surface area contributed by atoms with E-state index in [1.807, 2.05) is 0 Å². The van der Waals surface area contributed by atoms with Crippen LogP contribution in [0.15, 0.2) is 0 Å². The zero-order valence-electron chi connectivity index (χ0n) is 13.5. The van der Waals surface area contributed by atoms with Crippen LogP contribution in [0.25, 0.3) is 0 Å². The Hall–Kier alpha value is -0.590. The van der Waals surface area contributed by atoms with Gasteiger partial charge >= 0.3 is 0 Å².